The molecule has 2 aromatic rings. The van der Waals surface area contributed by atoms with E-state index in [0.29, 0.717) is 22.8 Å². The van der Waals surface area contributed by atoms with E-state index >= 15 is 0 Å². The van der Waals surface area contributed by atoms with Crippen LogP contribution in [0.25, 0.3) is 0 Å². The lowest BCUT2D eigenvalue weighted by atomic mass is 10.3. The maximum Gasteiger partial charge on any atom is 0.321 e. The number of anilines is 1. The van der Waals surface area contributed by atoms with Crippen molar-refractivity contribution in [2.45, 2.75) is 55.0 Å². The van der Waals surface area contributed by atoms with Crippen molar-refractivity contribution in [2.75, 3.05) is 5.32 Å². The Morgan fingerprint density at radius 3 is 2.96 bits per heavy atom. The average molecular weight is 352 g/mol. The van der Waals surface area contributed by atoms with Crippen LogP contribution in [0.4, 0.5) is 9.93 Å². The maximum atomic E-state index is 11.9. The van der Waals surface area contributed by atoms with Crippen LogP contribution in [0.15, 0.2) is 21.0 Å². The summed E-state index contributed by atoms with van der Waals surface area (Å²) in [6, 6.07) is 0.143. The maximum absolute atomic E-state index is 11.9. The normalized spacial score (nSPS) is 15.0. The Morgan fingerprint density at radius 1 is 1.39 bits per heavy atom. The van der Waals surface area contributed by atoms with Crippen LogP contribution < -0.4 is 10.6 Å². The molecule has 1 aliphatic rings. The van der Waals surface area contributed by atoms with E-state index in [-0.39, 0.29) is 6.03 Å². The Kier molecular flexibility index (Phi) is 5.56. The van der Waals surface area contributed by atoms with E-state index in [0.717, 1.165) is 29.2 Å². The summed E-state index contributed by atoms with van der Waals surface area (Å²) in [5.74, 6) is 2.28. The van der Waals surface area contributed by atoms with Gasteiger partial charge in [0, 0.05) is 12.5 Å². The molecule has 0 unspecified atom stereocenters. The fraction of sp³-hybridized carbons (Fsp3) is 0.533. The molecule has 0 atom stereocenters. The first-order chi connectivity index (χ1) is 11.2. The number of aromatic nitrogens is 2. The zero-order chi connectivity index (χ0) is 16.1. The number of nitrogens with one attached hydrogen (secondary N) is 2. The highest BCUT2D eigenvalue weighted by atomic mass is 32.2. The monoisotopic (exact) mass is 352 g/mol. The first kappa shape index (κ1) is 16.3. The summed E-state index contributed by atoms with van der Waals surface area (Å²) in [5, 5.41) is 6.41. The number of aryl methyl sites for hydroxylation is 1. The molecule has 3 rings (SSSR count). The van der Waals surface area contributed by atoms with Crippen molar-refractivity contribution in [2.24, 2.45) is 0 Å². The molecule has 2 heterocycles. The number of rotatable bonds is 6. The first-order valence-corrected chi connectivity index (χ1v) is 9.63. The highest BCUT2D eigenvalue weighted by Gasteiger charge is 2.17. The van der Waals surface area contributed by atoms with Crippen LogP contribution in [0.2, 0.25) is 0 Å². The minimum Gasteiger partial charge on any atom is -0.445 e. The molecule has 0 aliphatic heterocycles. The Balaban J connectivity index is 1.46. The van der Waals surface area contributed by atoms with Crippen molar-refractivity contribution in [1.29, 1.82) is 0 Å². The van der Waals surface area contributed by atoms with Crippen LogP contribution in [0, 0.1) is 0 Å². The third-order valence-corrected chi connectivity index (χ3v) is 5.78. The highest BCUT2D eigenvalue weighted by Crippen LogP contribution is 2.30. The van der Waals surface area contributed by atoms with E-state index in [2.05, 4.69) is 20.6 Å². The smallest absolute Gasteiger partial charge is 0.321 e. The Hall–Kier alpha value is -1.54. The second-order valence-electron chi connectivity index (χ2n) is 5.43. The zero-order valence-electron chi connectivity index (χ0n) is 13.0. The molecule has 124 valence electrons. The molecule has 0 saturated heterocycles. The Bertz CT molecular complexity index is 649. The van der Waals surface area contributed by atoms with Gasteiger partial charge in [-0.25, -0.2) is 14.8 Å². The molecule has 1 saturated carbocycles. The van der Waals surface area contributed by atoms with Gasteiger partial charge in [-0.05, 0) is 12.8 Å². The van der Waals surface area contributed by atoms with E-state index in [1.165, 1.54) is 24.2 Å². The third-order valence-electron chi connectivity index (χ3n) is 3.68. The topological polar surface area (TPSA) is 80.0 Å². The molecule has 23 heavy (non-hydrogen) atoms. The number of hydrogen-bond donors (Lipinski definition) is 2. The molecular formula is C15H20N4O2S2. The lowest BCUT2D eigenvalue weighted by Crippen LogP contribution is -2.36. The minimum absolute atomic E-state index is 0.164. The number of nitrogens with zero attached hydrogens (tertiary/aromatic N) is 2. The Morgan fingerprint density at radius 2 is 2.22 bits per heavy atom. The summed E-state index contributed by atoms with van der Waals surface area (Å²) in [5.41, 5.74) is 0. The van der Waals surface area contributed by atoms with Crippen molar-refractivity contribution in [3.8, 4) is 0 Å². The standard InChI is InChI=1S/C15H20N4O2S2/c1-2-11-7-16-12(21-11)9-22-13-8-17-15(23-13)19-14(20)18-10-5-3-4-6-10/h7-8,10H,2-6,9H2,1H3,(H2,17,18,19,20). The largest absolute Gasteiger partial charge is 0.445 e. The predicted molar refractivity (Wildman–Crippen MR) is 92.0 cm³/mol. The van der Waals surface area contributed by atoms with E-state index in [9.17, 15) is 4.79 Å². The van der Waals surface area contributed by atoms with Gasteiger partial charge in [0.25, 0.3) is 0 Å². The fourth-order valence-electron chi connectivity index (χ4n) is 2.48. The molecule has 8 heteroatoms. The molecule has 2 N–H and O–H groups in total. The number of oxazole rings is 1. The highest BCUT2D eigenvalue weighted by molar-refractivity contribution is 8.00. The third kappa shape index (κ3) is 4.71. The average Bonchev–Trinajstić information content (AvgIpc) is 3.26. The number of amides is 2. The summed E-state index contributed by atoms with van der Waals surface area (Å²) in [7, 11) is 0. The van der Waals surface area contributed by atoms with E-state index in [1.54, 1.807) is 24.2 Å². The van der Waals surface area contributed by atoms with Crippen LogP contribution in [0.1, 0.15) is 44.3 Å². The van der Waals surface area contributed by atoms with Crippen molar-refractivity contribution >= 4 is 34.3 Å². The zero-order valence-corrected chi connectivity index (χ0v) is 14.6. The van der Waals surface area contributed by atoms with Gasteiger partial charge >= 0.3 is 6.03 Å². The van der Waals surface area contributed by atoms with Crippen LogP contribution in [-0.4, -0.2) is 22.0 Å². The molecule has 6 nitrogen and oxygen atoms in total. The van der Waals surface area contributed by atoms with Gasteiger partial charge in [0.1, 0.15) is 5.76 Å². The summed E-state index contributed by atoms with van der Waals surface area (Å²) < 4.78 is 6.60. The molecule has 0 bridgehead atoms. The van der Waals surface area contributed by atoms with Crippen LogP contribution in [0.5, 0.6) is 0 Å². The molecule has 1 fully saturated rings. The van der Waals surface area contributed by atoms with E-state index in [1.807, 2.05) is 6.92 Å². The molecule has 2 amide bonds. The van der Waals surface area contributed by atoms with Crippen LogP contribution in [0.3, 0.4) is 0 Å². The summed E-state index contributed by atoms with van der Waals surface area (Å²) in [6.07, 6.45) is 8.92. The van der Waals surface area contributed by atoms with Gasteiger partial charge in [0.2, 0.25) is 5.89 Å². The first-order valence-electron chi connectivity index (χ1n) is 7.82. The van der Waals surface area contributed by atoms with Crippen molar-refractivity contribution in [3.63, 3.8) is 0 Å². The van der Waals surface area contributed by atoms with Gasteiger partial charge in [0.05, 0.1) is 22.4 Å². The van der Waals surface area contributed by atoms with Crippen molar-refractivity contribution in [3.05, 3.63) is 24.0 Å². The number of urea groups is 1. The number of thioether (sulfide) groups is 1. The number of carbonyl (C=O) groups excluding carboxylic acids is 1. The Labute approximate surface area is 143 Å². The number of carbonyl (C=O) groups is 1. The van der Waals surface area contributed by atoms with Gasteiger partial charge in [-0.2, -0.15) is 0 Å². The summed E-state index contributed by atoms with van der Waals surface area (Å²) in [6.45, 7) is 2.04. The quantitative estimate of drug-likeness (QED) is 0.767. The van der Waals surface area contributed by atoms with Crippen LogP contribution >= 0.6 is 23.1 Å². The van der Waals surface area contributed by atoms with Gasteiger partial charge in [-0.15, -0.1) is 11.8 Å². The van der Waals surface area contributed by atoms with Crippen molar-refractivity contribution in [1.82, 2.24) is 15.3 Å². The fourth-order valence-corrected chi connectivity index (χ4v) is 4.20. The van der Waals surface area contributed by atoms with Crippen molar-refractivity contribution < 1.29 is 9.21 Å². The van der Waals surface area contributed by atoms with Gasteiger partial charge in [-0.3, -0.25) is 5.32 Å². The SMILES string of the molecule is CCc1cnc(CSc2cnc(NC(=O)NC3CCCC3)s2)o1. The van der Waals surface area contributed by atoms with E-state index < -0.39 is 0 Å². The second kappa shape index (κ2) is 7.83. The molecule has 1 aliphatic carbocycles. The van der Waals surface area contributed by atoms with Gasteiger partial charge < -0.3 is 9.73 Å². The minimum atomic E-state index is -0.164. The molecule has 2 aromatic heterocycles. The molecule has 0 aromatic carbocycles. The molecule has 0 radical (unpaired) electrons. The summed E-state index contributed by atoms with van der Waals surface area (Å²) >= 11 is 3.07. The lowest BCUT2D eigenvalue weighted by molar-refractivity contribution is 0.248. The molecular weight excluding hydrogens is 332 g/mol. The van der Waals surface area contributed by atoms with Gasteiger partial charge in [0.15, 0.2) is 5.13 Å². The molecule has 0 spiro atoms. The second-order valence-corrected chi connectivity index (χ2v) is 7.73. The predicted octanol–water partition coefficient (Wildman–Crippen LogP) is 4.05. The number of thiazole rings is 1. The van der Waals surface area contributed by atoms with Crippen LogP contribution in [-0.2, 0) is 12.2 Å². The summed E-state index contributed by atoms with van der Waals surface area (Å²) in [4.78, 5) is 20.4. The van der Waals surface area contributed by atoms with E-state index in [4.69, 9.17) is 4.42 Å². The number of hydrogen-bond acceptors (Lipinski definition) is 6. The lowest BCUT2D eigenvalue weighted by Gasteiger charge is -2.11. The van der Waals surface area contributed by atoms with Gasteiger partial charge in [-0.1, -0.05) is 31.1 Å².